The van der Waals surface area contributed by atoms with Gasteiger partial charge in [0.2, 0.25) is 0 Å². The molecule has 1 saturated heterocycles. The van der Waals surface area contributed by atoms with Crippen molar-refractivity contribution in [1.29, 1.82) is 0 Å². The number of carbonyl (C=O) groups excluding carboxylic acids is 1. The standard InChI is InChI=1S/C14H19IN2O2/c1-19-13-5-6-17(12(8-13)9-16)14(18)10-3-2-4-11(15)7-10/h2-4,7,12-13H,5-6,8-9,16H2,1H3. The van der Waals surface area contributed by atoms with Crippen molar-refractivity contribution in [1.82, 2.24) is 4.90 Å². The van der Waals surface area contributed by atoms with Gasteiger partial charge in [0.05, 0.1) is 6.10 Å². The van der Waals surface area contributed by atoms with Crippen molar-refractivity contribution in [2.75, 3.05) is 20.2 Å². The lowest BCUT2D eigenvalue weighted by atomic mass is 9.98. The molecule has 4 nitrogen and oxygen atoms in total. The molecule has 1 aliphatic rings. The molecule has 0 saturated carbocycles. The van der Waals surface area contributed by atoms with Gasteiger partial charge in [0.25, 0.3) is 5.91 Å². The highest BCUT2D eigenvalue weighted by atomic mass is 127. The molecule has 1 heterocycles. The molecule has 2 rings (SSSR count). The van der Waals surface area contributed by atoms with Crippen molar-refractivity contribution in [2.45, 2.75) is 25.0 Å². The quantitative estimate of drug-likeness (QED) is 0.822. The number of ether oxygens (including phenoxy) is 1. The van der Waals surface area contributed by atoms with E-state index in [4.69, 9.17) is 10.5 Å². The Labute approximate surface area is 127 Å². The van der Waals surface area contributed by atoms with Crippen LogP contribution in [0.2, 0.25) is 0 Å². The highest BCUT2D eigenvalue weighted by Gasteiger charge is 2.31. The van der Waals surface area contributed by atoms with Crippen molar-refractivity contribution in [3.05, 3.63) is 33.4 Å². The van der Waals surface area contributed by atoms with E-state index in [9.17, 15) is 4.79 Å². The Balaban J connectivity index is 2.14. The number of nitrogens with two attached hydrogens (primary N) is 1. The number of amides is 1. The average Bonchev–Trinajstić information content (AvgIpc) is 2.45. The van der Waals surface area contributed by atoms with Gasteiger partial charge in [0.1, 0.15) is 0 Å². The fourth-order valence-electron chi connectivity index (χ4n) is 2.51. The van der Waals surface area contributed by atoms with E-state index >= 15 is 0 Å². The molecule has 104 valence electrons. The van der Waals surface area contributed by atoms with Crippen LogP contribution in [0, 0.1) is 3.57 Å². The second-order valence-electron chi connectivity index (χ2n) is 4.78. The zero-order valence-electron chi connectivity index (χ0n) is 11.0. The summed E-state index contributed by atoms with van der Waals surface area (Å²) < 4.78 is 6.45. The maximum Gasteiger partial charge on any atom is 0.254 e. The Bertz CT molecular complexity index is 453. The fraction of sp³-hybridized carbons (Fsp3) is 0.500. The summed E-state index contributed by atoms with van der Waals surface area (Å²) in [5.41, 5.74) is 6.54. The maximum atomic E-state index is 12.5. The first-order chi connectivity index (χ1) is 9.15. The number of halogens is 1. The molecule has 2 N–H and O–H groups in total. The molecular formula is C14H19IN2O2. The largest absolute Gasteiger partial charge is 0.381 e. The van der Waals surface area contributed by atoms with Crippen molar-refractivity contribution in [3.63, 3.8) is 0 Å². The van der Waals surface area contributed by atoms with E-state index in [1.54, 1.807) is 7.11 Å². The number of nitrogens with zero attached hydrogens (tertiary/aromatic N) is 1. The molecule has 0 radical (unpaired) electrons. The van der Waals surface area contributed by atoms with Crippen molar-refractivity contribution < 1.29 is 9.53 Å². The van der Waals surface area contributed by atoms with E-state index in [1.165, 1.54) is 0 Å². The average molecular weight is 374 g/mol. The van der Waals surface area contributed by atoms with Gasteiger partial charge in [0, 0.05) is 35.4 Å². The van der Waals surface area contributed by atoms with Gasteiger partial charge in [-0.3, -0.25) is 4.79 Å². The predicted octanol–water partition coefficient (Wildman–Crippen LogP) is 1.87. The monoisotopic (exact) mass is 374 g/mol. The summed E-state index contributed by atoms with van der Waals surface area (Å²) in [4.78, 5) is 14.4. The van der Waals surface area contributed by atoms with E-state index in [0.29, 0.717) is 13.1 Å². The number of carbonyl (C=O) groups is 1. The van der Waals surface area contributed by atoms with E-state index < -0.39 is 0 Å². The molecule has 2 atom stereocenters. The molecule has 5 heteroatoms. The molecule has 0 aliphatic carbocycles. The van der Waals surface area contributed by atoms with E-state index in [0.717, 1.165) is 22.0 Å². The number of likely N-dealkylation sites (tertiary alicyclic amines) is 1. The van der Waals surface area contributed by atoms with Crippen LogP contribution in [-0.4, -0.2) is 43.2 Å². The number of benzene rings is 1. The highest BCUT2D eigenvalue weighted by molar-refractivity contribution is 14.1. The molecule has 0 aromatic heterocycles. The molecule has 1 amide bonds. The van der Waals surface area contributed by atoms with Crippen LogP contribution in [0.4, 0.5) is 0 Å². The van der Waals surface area contributed by atoms with Crippen LogP contribution in [0.3, 0.4) is 0 Å². The number of hydrogen-bond acceptors (Lipinski definition) is 3. The van der Waals surface area contributed by atoms with Crippen LogP contribution in [0.15, 0.2) is 24.3 Å². The molecule has 19 heavy (non-hydrogen) atoms. The van der Waals surface area contributed by atoms with Gasteiger partial charge in [-0.05, 0) is 53.6 Å². The van der Waals surface area contributed by atoms with Crippen molar-refractivity contribution >= 4 is 28.5 Å². The molecule has 0 spiro atoms. The van der Waals surface area contributed by atoms with Crippen molar-refractivity contribution in [3.8, 4) is 0 Å². The van der Waals surface area contributed by atoms with Gasteiger partial charge in [0.15, 0.2) is 0 Å². The SMILES string of the molecule is COC1CCN(C(=O)c2cccc(I)c2)C(CN)C1. The molecular weight excluding hydrogens is 355 g/mol. The number of piperidine rings is 1. The molecule has 2 unspecified atom stereocenters. The summed E-state index contributed by atoms with van der Waals surface area (Å²) in [6, 6.07) is 7.74. The van der Waals surface area contributed by atoms with Gasteiger partial charge in [-0.2, -0.15) is 0 Å². The van der Waals surface area contributed by atoms with Crippen LogP contribution in [0.25, 0.3) is 0 Å². The zero-order valence-corrected chi connectivity index (χ0v) is 13.2. The lowest BCUT2D eigenvalue weighted by molar-refractivity contribution is 0.0139. The van der Waals surface area contributed by atoms with Gasteiger partial charge in [-0.15, -0.1) is 0 Å². The summed E-state index contributed by atoms with van der Waals surface area (Å²) in [6.45, 7) is 1.19. The summed E-state index contributed by atoms with van der Waals surface area (Å²) in [6.07, 6.45) is 1.92. The van der Waals surface area contributed by atoms with Gasteiger partial charge >= 0.3 is 0 Å². The lowest BCUT2D eigenvalue weighted by Gasteiger charge is -2.38. The molecule has 1 aliphatic heterocycles. The number of methoxy groups -OCH3 is 1. The first kappa shape index (κ1) is 14.7. The van der Waals surface area contributed by atoms with Gasteiger partial charge < -0.3 is 15.4 Å². The van der Waals surface area contributed by atoms with E-state index in [1.807, 2.05) is 29.2 Å². The Hall–Kier alpha value is -0.660. The van der Waals surface area contributed by atoms with E-state index in [2.05, 4.69) is 22.6 Å². The summed E-state index contributed by atoms with van der Waals surface area (Å²) in [7, 11) is 1.72. The van der Waals surface area contributed by atoms with Gasteiger partial charge in [-0.1, -0.05) is 6.07 Å². The first-order valence-electron chi connectivity index (χ1n) is 6.45. The smallest absolute Gasteiger partial charge is 0.254 e. The van der Waals surface area contributed by atoms with Crippen LogP contribution in [0.5, 0.6) is 0 Å². The third-order valence-electron chi connectivity index (χ3n) is 3.61. The van der Waals surface area contributed by atoms with Crippen molar-refractivity contribution in [2.24, 2.45) is 5.73 Å². The van der Waals surface area contributed by atoms with Crippen LogP contribution in [-0.2, 0) is 4.74 Å². The Morgan fingerprint density at radius 1 is 1.58 bits per heavy atom. The lowest BCUT2D eigenvalue weighted by Crippen LogP contribution is -2.51. The fourth-order valence-corrected chi connectivity index (χ4v) is 3.05. The van der Waals surface area contributed by atoms with Crippen LogP contribution < -0.4 is 5.73 Å². The Morgan fingerprint density at radius 2 is 2.37 bits per heavy atom. The Kier molecular flexibility index (Phi) is 5.18. The summed E-state index contributed by atoms with van der Waals surface area (Å²) >= 11 is 2.22. The topological polar surface area (TPSA) is 55.6 Å². The second-order valence-corrected chi connectivity index (χ2v) is 6.03. The minimum absolute atomic E-state index is 0.0727. The summed E-state index contributed by atoms with van der Waals surface area (Å²) in [5, 5.41) is 0. The van der Waals surface area contributed by atoms with Crippen LogP contribution in [0.1, 0.15) is 23.2 Å². The van der Waals surface area contributed by atoms with Crippen LogP contribution >= 0.6 is 22.6 Å². The first-order valence-corrected chi connectivity index (χ1v) is 7.53. The zero-order chi connectivity index (χ0) is 13.8. The summed E-state index contributed by atoms with van der Waals surface area (Å²) in [5.74, 6) is 0.0727. The number of rotatable bonds is 3. The minimum Gasteiger partial charge on any atom is -0.381 e. The molecule has 1 aromatic rings. The third kappa shape index (κ3) is 3.46. The maximum absolute atomic E-state index is 12.5. The third-order valence-corrected chi connectivity index (χ3v) is 4.28. The highest BCUT2D eigenvalue weighted by Crippen LogP contribution is 2.21. The molecule has 1 fully saturated rings. The Morgan fingerprint density at radius 3 is 3.00 bits per heavy atom. The normalized spacial score (nSPS) is 23.4. The molecule has 1 aromatic carbocycles. The predicted molar refractivity (Wildman–Crippen MR) is 83.1 cm³/mol. The minimum atomic E-state index is 0.0727. The number of hydrogen-bond donors (Lipinski definition) is 1. The molecule has 0 bridgehead atoms. The second kappa shape index (κ2) is 6.67. The van der Waals surface area contributed by atoms with Gasteiger partial charge in [-0.25, -0.2) is 0 Å². The van der Waals surface area contributed by atoms with E-state index in [-0.39, 0.29) is 18.1 Å².